The lowest BCUT2D eigenvalue weighted by Crippen LogP contribution is -2.70. The van der Waals surface area contributed by atoms with Crippen molar-refractivity contribution >= 4 is 0 Å². The van der Waals surface area contributed by atoms with Gasteiger partial charge in [-0.2, -0.15) is 57.1 Å². The molecule has 0 radical (unpaired) electrons. The lowest BCUT2D eigenvalue weighted by Gasteiger charge is -2.44. The number of alkyl halides is 13. The van der Waals surface area contributed by atoms with E-state index in [4.69, 9.17) is 28.4 Å². The smallest absolute Gasteiger partial charge is 0.460 e. The zero-order valence-electron chi connectivity index (χ0n) is 32.1. The summed E-state index contributed by atoms with van der Waals surface area (Å²) in [6.45, 7) is -0.761. The van der Waals surface area contributed by atoms with Crippen LogP contribution in [0.5, 0.6) is 11.5 Å². The summed E-state index contributed by atoms with van der Waals surface area (Å²) in [5.41, 5.74) is 2.40. The summed E-state index contributed by atoms with van der Waals surface area (Å²) in [5.74, 6) is -37.3. The highest BCUT2D eigenvalue weighted by Gasteiger charge is 2.90. The van der Waals surface area contributed by atoms with E-state index in [1.807, 2.05) is 60.7 Å². The van der Waals surface area contributed by atoms with Crippen LogP contribution in [0.15, 0.2) is 115 Å². The first-order valence-electron chi connectivity index (χ1n) is 18.7. The number of halogens is 13. The van der Waals surface area contributed by atoms with Crippen molar-refractivity contribution < 1.29 is 90.6 Å². The third kappa shape index (κ3) is 10.9. The number of hydrogen-bond donors (Lipinski definition) is 1. The van der Waals surface area contributed by atoms with Gasteiger partial charge in [0.15, 0.2) is 0 Å². The van der Waals surface area contributed by atoms with Crippen LogP contribution in [0.3, 0.4) is 0 Å². The molecule has 0 spiro atoms. The fourth-order valence-corrected chi connectivity index (χ4v) is 6.10. The van der Waals surface area contributed by atoms with Crippen molar-refractivity contribution in [1.82, 2.24) is 0 Å². The van der Waals surface area contributed by atoms with Crippen LogP contribution in [0.2, 0.25) is 0 Å². The monoisotopic (exact) mass is 902 g/mol. The maximum absolute atomic E-state index is 14.2. The van der Waals surface area contributed by atoms with E-state index < -0.39 is 85.9 Å². The topological polar surface area (TPSA) is 75.6 Å². The summed E-state index contributed by atoms with van der Waals surface area (Å²) in [5, 5.41) is 11.8. The Morgan fingerprint density at radius 3 is 1.47 bits per heavy atom. The average molecular weight is 903 g/mol. The van der Waals surface area contributed by atoms with Crippen molar-refractivity contribution in [2.75, 3.05) is 13.2 Å². The molecule has 0 aliphatic carbocycles. The van der Waals surface area contributed by atoms with Gasteiger partial charge in [-0.1, -0.05) is 91.0 Å². The third-order valence-corrected chi connectivity index (χ3v) is 9.56. The lowest BCUT2D eigenvalue weighted by atomic mass is 9.92. The minimum absolute atomic E-state index is 0.00419. The molecule has 0 bridgehead atoms. The molecule has 5 rings (SSSR count). The number of ether oxygens (including phenoxy) is 6. The molecule has 1 saturated heterocycles. The van der Waals surface area contributed by atoms with E-state index in [-0.39, 0.29) is 37.9 Å². The van der Waals surface area contributed by atoms with Crippen LogP contribution in [0.25, 0.3) is 0 Å². The van der Waals surface area contributed by atoms with Crippen molar-refractivity contribution in [3.63, 3.8) is 0 Å². The maximum atomic E-state index is 14.2. The van der Waals surface area contributed by atoms with Crippen molar-refractivity contribution in [2.24, 2.45) is 0 Å². The van der Waals surface area contributed by atoms with Gasteiger partial charge >= 0.3 is 35.8 Å². The second-order valence-electron chi connectivity index (χ2n) is 14.1. The van der Waals surface area contributed by atoms with Gasteiger partial charge in [0, 0.05) is 6.42 Å². The summed E-state index contributed by atoms with van der Waals surface area (Å²) < 4.78 is 211. The Bertz CT molecular complexity index is 1950. The van der Waals surface area contributed by atoms with Gasteiger partial charge < -0.3 is 33.5 Å². The summed E-state index contributed by atoms with van der Waals surface area (Å²) in [6, 6.07) is 32.2. The van der Waals surface area contributed by atoms with Gasteiger partial charge in [0.25, 0.3) is 0 Å². The Labute approximate surface area is 346 Å². The van der Waals surface area contributed by atoms with E-state index in [0.717, 1.165) is 16.7 Å². The molecule has 4 aromatic rings. The number of aliphatic hydroxyl groups is 1. The standard InChI is InChI=1S/C42H39F13O7/c43-37(44,38(45,46)39(47,48)40(49,50)41(51,52)42(53,54)55)21-10-22-58-30-17-19-31(20-18-30)61-36-35(60-25-29-15-8-3-9-16-29)33(56)34(59-24-28-13-6-2-7-14-28)32(62-36)26-57-23-27-11-4-1-5-12-27/h1-9,11-20,32-36,56H,10,21-26H2/t32-,33+,34+,35-,36-/m1/s1. The number of benzene rings is 4. The highest BCUT2D eigenvalue weighted by Crippen LogP contribution is 2.60. The fraction of sp³-hybridized carbons (Fsp3) is 0.429. The van der Waals surface area contributed by atoms with E-state index >= 15 is 0 Å². The van der Waals surface area contributed by atoms with Gasteiger partial charge in [0.1, 0.15) is 35.9 Å². The minimum atomic E-state index is -7.96. The Morgan fingerprint density at radius 2 is 0.968 bits per heavy atom. The van der Waals surface area contributed by atoms with Crippen molar-refractivity contribution in [2.45, 2.75) is 99.2 Å². The number of rotatable bonds is 21. The summed E-state index contributed by atoms with van der Waals surface area (Å²) in [6.07, 6.45) is -17.0. The van der Waals surface area contributed by atoms with Gasteiger partial charge in [-0.25, -0.2) is 0 Å². The van der Waals surface area contributed by atoms with Crippen LogP contribution in [0.1, 0.15) is 29.5 Å². The highest BCUT2D eigenvalue weighted by molar-refractivity contribution is 5.31. The molecule has 20 heteroatoms. The number of hydrogen-bond acceptors (Lipinski definition) is 7. The Kier molecular flexibility index (Phi) is 15.5. The summed E-state index contributed by atoms with van der Waals surface area (Å²) in [4.78, 5) is 0. The first-order valence-corrected chi connectivity index (χ1v) is 18.7. The first kappa shape index (κ1) is 48.4. The van der Waals surface area contributed by atoms with E-state index in [9.17, 15) is 62.2 Å². The summed E-state index contributed by atoms with van der Waals surface area (Å²) in [7, 11) is 0. The van der Waals surface area contributed by atoms with E-state index in [2.05, 4.69) is 0 Å². The molecule has 1 fully saturated rings. The summed E-state index contributed by atoms with van der Waals surface area (Å²) >= 11 is 0. The van der Waals surface area contributed by atoms with Gasteiger partial charge in [0.05, 0.1) is 33.0 Å². The molecule has 1 aliphatic heterocycles. The average Bonchev–Trinajstić information content (AvgIpc) is 3.23. The van der Waals surface area contributed by atoms with Crippen molar-refractivity contribution in [1.29, 1.82) is 0 Å². The molecule has 1 heterocycles. The van der Waals surface area contributed by atoms with Gasteiger partial charge in [-0.15, -0.1) is 0 Å². The quantitative estimate of drug-likeness (QED) is 0.0659. The van der Waals surface area contributed by atoms with Crippen LogP contribution in [-0.2, 0) is 38.8 Å². The van der Waals surface area contributed by atoms with Crippen LogP contribution in [0.4, 0.5) is 57.1 Å². The number of aliphatic hydroxyl groups excluding tert-OH is 1. The van der Waals surface area contributed by atoms with E-state index in [0.29, 0.717) is 0 Å². The molecule has 7 nitrogen and oxygen atoms in total. The highest BCUT2D eigenvalue weighted by atomic mass is 19.4. The van der Waals surface area contributed by atoms with Crippen LogP contribution >= 0.6 is 0 Å². The fourth-order valence-electron chi connectivity index (χ4n) is 6.10. The van der Waals surface area contributed by atoms with Crippen molar-refractivity contribution in [3.05, 3.63) is 132 Å². The van der Waals surface area contributed by atoms with E-state index in [1.54, 1.807) is 30.3 Å². The normalized spacial score (nSPS) is 20.5. The molecular weight excluding hydrogens is 863 g/mol. The molecular formula is C42H39F13O7. The molecule has 5 atom stereocenters. The van der Waals surface area contributed by atoms with Crippen molar-refractivity contribution in [3.8, 4) is 11.5 Å². The zero-order chi connectivity index (χ0) is 45.4. The van der Waals surface area contributed by atoms with Gasteiger partial charge in [-0.05, 0) is 47.4 Å². The minimum Gasteiger partial charge on any atom is -0.494 e. The Hall–Kier alpha value is -4.63. The van der Waals surface area contributed by atoms with Crippen LogP contribution in [0, 0.1) is 0 Å². The predicted molar refractivity (Wildman–Crippen MR) is 193 cm³/mol. The van der Waals surface area contributed by atoms with Crippen LogP contribution in [-0.4, -0.2) is 84.8 Å². The molecule has 62 heavy (non-hydrogen) atoms. The largest absolute Gasteiger partial charge is 0.494 e. The van der Waals surface area contributed by atoms with Crippen LogP contribution < -0.4 is 9.47 Å². The molecule has 0 aromatic heterocycles. The second kappa shape index (κ2) is 19.8. The Morgan fingerprint density at radius 1 is 0.516 bits per heavy atom. The second-order valence-corrected chi connectivity index (χ2v) is 14.1. The molecule has 4 aromatic carbocycles. The molecule has 1 N–H and O–H groups in total. The molecule has 0 saturated carbocycles. The molecule has 0 amide bonds. The molecule has 340 valence electrons. The predicted octanol–water partition coefficient (Wildman–Crippen LogP) is 10.4. The Balaban J connectivity index is 1.26. The molecule has 0 unspecified atom stereocenters. The SMILES string of the molecule is O[C@H]1[C@@H](OCc2ccccc2)[C@@H](COCc2ccccc2)O[C@@H](Oc2ccc(OCCCC(F)(F)C(F)(F)C(F)(F)C(F)(F)C(F)(F)C(F)(F)F)cc2)[C@@H]1OCc1ccccc1. The van der Waals surface area contributed by atoms with Gasteiger partial charge in [-0.3, -0.25) is 0 Å². The molecule has 1 aliphatic rings. The zero-order valence-corrected chi connectivity index (χ0v) is 32.1. The lowest BCUT2D eigenvalue weighted by molar-refractivity contribution is -0.440. The van der Waals surface area contributed by atoms with E-state index in [1.165, 1.54) is 24.3 Å². The maximum Gasteiger partial charge on any atom is 0.460 e. The third-order valence-electron chi connectivity index (χ3n) is 9.56. The van der Waals surface area contributed by atoms with Gasteiger partial charge in [0.2, 0.25) is 6.29 Å². The first-order chi connectivity index (χ1) is 29.1.